The molecule has 1 unspecified atom stereocenters. The Kier molecular flexibility index (Phi) is 9.62. The Bertz CT molecular complexity index is 837. The number of nitrogens with zero attached hydrogens (tertiary/aromatic N) is 1. The number of carbonyl (C=O) groups excluding carboxylic acids is 2. The molecule has 2 aromatic carbocycles. The van der Waals surface area contributed by atoms with Gasteiger partial charge in [-0.1, -0.05) is 45.0 Å². The zero-order chi connectivity index (χ0) is 22.1. The molecule has 0 aliphatic heterocycles. The van der Waals surface area contributed by atoms with E-state index in [0.29, 0.717) is 31.2 Å². The Hall–Kier alpha value is -2.09. The number of carbonyl (C=O) groups is 2. The van der Waals surface area contributed by atoms with Crippen LogP contribution < -0.4 is 10.1 Å². The van der Waals surface area contributed by atoms with Gasteiger partial charge in [-0.2, -0.15) is 0 Å². The van der Waals surface area contributed by atoms with Crippen LogP contribution in [-0.2, 0) is 16.1 Å². The van der Waals surface area contributed by atoms with Crippen LogP contribution in [0.1, 0.15) is 38.3 Å². The first-order valence-corrected chi connectivity index (χ1v) is 11.4. The van der Waals surface area contributed by atoms with Crippen molar-refractivity contribution >= 4 is 34.4 Å². The molecule has 6 heteroatoms. The highest BCUT2D eigenvalue weighted by Crippen LogP contribution is 2.17. The Labute approximate surface area is 193 Å². The minimum Gasteiger partial charge on any atom is -0.484 e. The Morgan fingerprint density at radius 1 is 1.10 bits per heavy atom. The molecule has 0 heterocycles. The fourth-order valence-electron chi connectivity index (χ4n) is 3.07. The number of aryl methyl sites for hydroxylation is 1. The molecule has 0 saturated carbocycles. The number of benzene rings is 2. The number of nitrogens with one attached hydrogen (secondary N) is 1. The van der Waals surface area contributed by atoms with Gasteiger partial charge in [0.1, 0.15) is 11.8 Å². The van der Waals surface area contributed by atoms with Crippen molar-refractivity contribution in [3.8, 4) is 5.75 Å². The summed E-state index contributed by atoms with van der Waals surface area (Å²) in [5, 5.41) is 2.97. The highest BCUT2D eigenvalue weighted by atomic mass is 127. The van der Waals surface area contributed by atoms with Crippen LogP contribution in [0.3, 0.4) is 0 Å². The molecule has 0 saturated heterocycles. The standard InChI is InChI=1S/C24H31IN2O3/c1-5-22(24(29)26-14-17(2)3)27(15-19-9-7-6-8-18(19)4)23(28)16-30-21-12-10-20(25)11-13-21/h6-13,17,22H,5,14-16H2,1-4H3,(H,26,29). The summed E-state index contributed by atoms with van der Waals surface area (Å²) in [6, 6.07) is 14.9. The van der Waals surface area contributed by atoms with E-state index < -0.39 is 6.04 Å². The summed E-state index contributed by atoms with van der Waals surface area (Å²) >= 11 is 2.22. The van der Waals surface area contributed by atoms with E-state index in [1.54, 1.807) is 4.90 Å². The molecule has 0 spiro atoms. The van der Waals surface area contributed by atoms with Crippen molar-refractivity contribution in [3.05, 3.63) is 63.2 Å². The molecule has 0 aromatic heterocycles. The highest BCUT2D eigenvalue weighted by molar-refractivity contribution is 14.1. The lowest BCUT2D eigenvalue weighted by molar-refractivity contribution is -0.143. The van der Waals surface area contributed by atoms with Crippen LogP contribution in [0.5, 0.6) is 5.75 Å². The molecule has 162 valence electrons. The SMILES string of the molecule is CCC(C(=O)NCC(C)C)N(Cc1ccccc1C)C(=O)COc1ccc(I)cc1. The highest BCUT2D eigenvalue weighted by Gasteiger charge is 2.29. The molecule has 0 fully saturated rings. The molecular formula is C24H31IN2O3. The van der Waals surface area contributed by atoms with E-state index in [1.165, 1.54) is 0 Å². The second-order valence-corrected chi connectivity index (χ2v) is 9.00. The molecule has 1 atom stereocenters. The van der Waals surface area contributed by atoms with Gasteiger partial charge in [0.05, 0.1) is 0 Å². The average Bonchev–Trinajstić information content (AvgIpc) is 2.72. The van der Waals surface area contributed by atoms with Crippen LogP contribution in [0.2, 0.25) is 0 Å². The molecule has 2 amide bonds. The number of rotatable bonds is 10. The number of hydrogen-bond acceptors (Lipinski definition) is 3. The molecule has 2 rings (SSSR count). The van der Waals surface area contributed by atoms with Crippen LogP contribution in [0.25, 0.3) is 0 Å². The zero-order valence-corrected chi connectivity index (χ0v) is 20.3. The summed E-state index contributed by atoms with van der Waals surface area (Å²) in [6.45, 7) is 8.88. The Morgan fingerprint density at radius 3 is 2.37 bits per heavy atom. The van der Waals surface area contributed by atoms with Gasteiger partial charge in [-0.05, 0) is 77.2 Å². The normalized spacial score (nSPS) is 11.8. The molecule has 5 nitrogen and oxygen atoms in total. The van der Waals surface area contributed by atoms with E-state index in [9.17, 15) is 9.59 Å². The van der Waals surface area contributed by atoms with Crippen molar-refractivity contribution in [2.75, 3.05) is 13.2 Å². The number of hydrogen-bond donors (Lipinski definition) is 1. The van der Waals surface area contributed by atoms with Crippen LogP contribution in [0.4, 0.5) is 0 Å². The lowest BCUT2D eigenvalue weighted by atomic mass is 10.1. The predicted octanol–water partition coefficient (Wildman–Crippen LogP) is 4.56. The Morgan fingerprint density at radius 2 is 1.77 bits per heavy atom. The van der Waals surface area contributed by atoms with Gasteiger partial charge in [0.15, 0.2) is 6.61 Å². The van der Waals surface area contributed by atoms with E-state index in [0.717, 1.165) is 14.7 Å². The van der Waals surface area contributed by atoms with Crippen LogP contribution in [0.15, 0.2) is 48.5 Å². The van der Waals surface area contributed by atoms with Crippen LogP contribution in [-0.4, -0.2) is 35.9 Å². The lowest BCUT2D eigenvalue weighted by Crippen LogP contribution is -2.50. The quantitative estimate of drug-likeness (QED) is 0.466. The smallest absolute Gasteiger partial charge is 0.261 e. The summed E-state index contributed by atoms with van der Waals surface area (Å²) in [4.78, 5) is 27.7. The van der Waals surface area contributed by atoms with Crippen LogP contribution in [0, 0.1) is 16.4 Å². The molecule has 0 bridgehead atoms. The van der Waals surface area contributed by atoms with Gasteiger partial charge in [-0.25, -0.2) is 0 Å². The fraction of sp³-hybridized carbons (Fsp3) is 0.417. The van der Waals surface area contributed by atoms with Gasteiger partial charge in [0.25, 0.3) is 5.91 Å². The number of halogens is 1. The third kappa shape index (κ3) is 7.31. The summed E-state index contributed by atoms with van der Waals surface area (Å²) in [5.41, 5.74) is 2.11. The van der Waals surface area contributed by atoms with E-state index in [1.807, 2.05) is 76.2 Å². The predicted molar refractivity (Wildman–Crippen MR) is 128 cm³/mol. The third-order valence-corrected chi connectivity index (χ3v) is 5.57. The van der Waals surface area contributed by atoms with E-state index in [4.69, 9.17) is 4.74 Å². The molecule has 0 aliphatic carbocycles. The van der Waals surface area contributed by atoms with E-state index in [-0.39, 0.29) is 18.4 Å². The minimum absolute atomic E-state index is 0.111. The number of amides is 2. The summed E-state index contributed by atoms with van der Waals surface area (Å²) < 4.78 is 6.82. The number of ether oxygens (including phenoxy) is 1. The largest absolute Gasteiger partial charge is 0.484 e. The topological polar surface area (TPSA) is 58.6 Å². The van der Waals surface area contributed by atoms with Gasteiger partial charge < -0.3 is 15.0 Å². The maximum absolute atomic E-state index is 13.2. The summed E-state index contributed by atoms with van der Waals surface area (Å²) in [7, 11) is 0. The van der Waals surface area contributed by atoms with Crippen LogP contribution >= 0.6 is 22.6 Å². The van der Waals surface area contributed by atoms with Crippen molar-refractivity contribution in [1.82, 2.24) is 10.2 Å². The summed E-state index contributed by atoms with van der Waals surface area (Å²) in [5.74, 6) is 0.652. The monoisotopic (exact) mass is 522 g/mol. The third-order valence-electron chi connectivity index (χ3n) is 4.85. The molecule has 2 aromatic rings. The molecule has 0 aliphatic rings. The Balaban J connectivity index is 2.19. The first-order valence-electron chi connectivity index (χ1n) is 10.3. The van der Waals surface area contributed by atoms with Crippen molar-refractivity contribution in [3.63, 3.8) is 0 Å². The molecule has 0 radical (unpaired) electrons. The van der Waals surface area contributed by atoms with Gasteiger partial charge in [-0.15, -0.1) is 0 Å². The van der Waals surface area contributed by atoms with Crippen molar-refractivity contribution in [1.29, 1.82) is 0 Å². The van der Waals surface area contributed by atoms with Gasteiger partial charge >= 0.3 is 0 Å². The van der Waals surface area contributed by atoms with E-state index in [2.05, 4.69) is 27.9 Å². The zero-order valence-electron chi connectivity index (χ0n) is 18.2. The summed E-state index contributed by atoms with van der Waals surface area (Å²) in [6.07, 6.45) is 0.533. The fourth-order valence-corrected chi connectivity index (χ4v) is 3.43. The van der Waals surface area contributed by atoms with Gasteiger partial charge in [-0.3, -0.25) is 9.59 Å². The second kappa shape index (κ2) is 11.9. The van der Waals surface area contributed by atoms with Gasteiger partial charge in [0, 0.05) is 16.7 Å². The maximum Gasteiger partial charge on any atom is 0.261 e. The maximum atomic E-state index is 13.2. The first kappa shape index (κ1) is 24.2. The van der Waals surface area contributed by atoms with Crippen molar-refractivity contribution < 1.29 is 14.3 Å². The van der Waals surface area contributed by atoms with Crippen molar-refractivity contribution in [2.45, 2.75) is 46.7 Å². The average molecular weight is 522 g/mol. The lowest BCUT2D eigenvalue weighted by Gasteiger charge is -2.31. The molecule has 30 heavy (non-hydrogen) atoms. The minimum atomic E-state index is -0.545. The first-order chi connectivity index (χ1) is 14.3. The molecular weight excluding hydrogens is 491 g/mol. The molecule has 1 N–H and O–H groups in total. The van der Waals surface area contributed by atoms with E-state index >= 15 is 0 Å². The second-order valence-electron chi connectivity index (χ2n) is 7.75. The van der Waals surface area contributed by atoms with Crippen molar-refractivity contribution in [2.24, 2.45) is 5.92 Å². The van der Waals surface area contributed by atoms with Gasteiger partial charge in [0.2, 0.25) is 5.91 Å².